The van der Waals surface area contributed by atoms with Crippen LogP contribution in [0.1, 0.15) is 70.9 Å². The molecule has 104 valence electrons. The monoisotopic (exact) mass is 267 g/mol. The quantitative estimate of drug-likeness (QED) is 0.599. The van der Waals surface area contributed by atoms with Crippen molar-refractivity contribution >= 4 is 11.3 Å². The van der Waals surface area contributed by atoms with Gasteiger partial charge in [0, 0.05) is 6.04 Å². The zero-order valence-electron chi connectivity index (χ0n) is 12.2. The second-order valence-corrected chi connectivity index (χ2v) is 6.00. The number of hydrogen-bond donors (Lipinski definition) is 1. The van der Waals surface area contributed by atoms with Gasteiger partial charge in [-0.1, -0.05) is 46.5 Å². The maximum Gasteiger partial charge on any atom is 0.0331 e. The van der Waals surface area contributed by atoms with E-state index in [-0.39, 0.29) is 0 Å². The summed E-state index contributed by atoms with van der Waals surface area (Å²) in [4.78, 5) is 0. The van der Waals surface area contributed by atoms with Crippen molar-refractivity contribution < 1.29 is 0 Å². The predicted molar refractivity (Wildman–Crippen MR) is 83.3 cm³/mol. The molecule has 1 aromatic heterocycles. The minimum atomic E-state index is 0.568. The standard InChI is InChI=1S/C16H29NS/c1-4-7-8-14(6-3)12-16(17-10-5-2)15-9-11-18-13-15/h9,11,13-14,16-17H,4-8,10,12H2,1-3H3. The lowest BCUT2D eigenvalue weighted by Crippen LogP contribution is -2.24. The molecule has 1 aromatic rings. The van der Waals surface area contributed by atoms with Gasteiger partial charge in [-0.25, -0.2) is 0 Å². The fourth-order valence-electron chi connectivity index (χ4n) is 2.44. The zero-order valence-corrected chi connectivity index (χ0v) is 13.1. The molecule has 0 fully saturated rings. The van der Waals surface area contributed by atoms with Crippen LogP contribution in [0, 0.1) is 5.92 Å². The summed E-state index contributed by atoms with van der Waals surface area (Å²) < 4.78 is 0. The Morgan fingerprint density at radius 3 is 2.61 bits per heavy atom. The summed E-state index contributed by atoms with van der Waals surface area (Å²) in [5.41, 5.74) is 1.49. The zero-order chi connectivity index (χ0) is 13.2. The third-order valence-corrected chi connectivity index (χ3v) is 4.40. The van der Waals surface area contributed by atoms with E-state index in [0.717, 1.165) is 12.5 Å². The molecule has 1 N–H and O–H groups in total. The molecule has 1 heterocycles. The summed E-state index contributed by atoms with van der Waals surface area (Å²) in [6.45, 7) is 8.00. The molecule has 0 bridgehead atoms. The number of rotatable bonds is 10. The van der Waals surface area contributed by atoms with Crippen LogP contribution >= 0.6 is 11.3 Å². The van der Waals surface area contributed by atoms with E-state index in [9.17, 15) is 0 Å². The van der Waals surface area contributed by atoms with E-state index in [1.54, 1.807) is 0 Å². The van der Waals surface area contributed by atoms with Gasteiger partial charge in [-0.2, -0.15) is 11.3 Å². The summed E-state index contributed by atoms with van der Waals surface area (Å²) in [6, 6.07) is 2.85. The maximum atomic E-state index is 3.72. The Hall–Kier alpha value is -0.340. The summed E-state index contributed by atoms with van der Waals surface area (Å²) in [5, 5.41) is 8.22. The maximum absolute atomic E-state index is 3.72. The fourth-order valence-corrected chi connectivity index (χ4v) is 3.16. The number of nitrogens with one attached hydrogen (secondary N) is 1. The molecule has 1 rings (SSSR count). The largest absolute Gasteiger partial charge is 0.310 e. The second kappa shape index (κ2) is 9.57. The third kappa shape index (κ3) is 5.53. The fraction of sp³-hybridized carbons (Fsp3) is 0.750. The summed E-state index contributed by atoms with van der Waals surface area (Å²) in [7, 11) is 0. The van der Waals surface area contributed by atoms with E-state index < -0.39 is 0 Å². The van der Waals surface area contributed by atoms with Crippen LogP contribution in [0.2, 0.25) is 0 Å². The molecule has 0 aliphatic carbocycles. The van der Waals surface area contributed by atoms with Crippen LogP contribution in [0.3, 0.4) is 0 Å². The Balaban J connectivity index is 2.53. The highest BCUT2D eigenvalue weighted by Crippen LogP contribution is 2.27. The highest BCUT2D eigenvalue weighted by molar-refractivity contribution is 7.07. The minimum Gasteiger partial charge on any atom is -0.310 e. The molecule has 0 radical (unpaired) electrons. The Morgan fingerprint density at radius 1 is 1.22 bits per heavy atom. The molecule has 0 aliphatic rings. The van der Waals surface area contributed by atoms with Crippen LogP contribution in [-0.4, -0.2) is 6.54 Å². The molecule has 2 unspecified atom stereocenters. The molecular weight excluding hydrogens is 238 g/mol. The Kier molecular flexibility index (Phi) is 8.36. The van der Waals surface area contributed by atoms with E-state index in [0.29, 0.717) is 6.04 Å². The molecule has 0 amide bonds. The molecule has 0 aromatic carbocycles. The van der Waals surface area contributed by atoms with E-state index in [1.807, 2.05) is 11.3 Å². The van der Waals surface area contributed by atoms with Gasteiger partial charge in [-0.05, 0) is 47.7 Å². The smallest absolute Gasteiger partial charge is 0.0331 e. The minimum absolute atomic E-state index is 0.568. The molecule has 0 spiro atoms. The number of unbranched alkanes of at least 4 members (excludes halogenated alkanes) is 1. The van der Waals surface area contributed by atoms with Gasteiger partial charge in [-0.15, -0.1) is 0 Å². The topological polar surface area (TPSA) is 12.0 Å². The van der Waals surface area contributed by atoms with Gasteiger partial charge < -0.3 is 5.32 Å². The summed E-state index contributed by atoms with van der Waals surface area (Å²) >= 11 is 1.81. The van der Waals surface area contributed by atoms with Crippen LogP contribution in [0.4, 0.5) is 0 Å². The summed E-state index contributed by atoms with van der Waals surface area (Å²) in [5.74, 6) is 0.874. The first-order valence-corrected chi connectivity index (χ1v) is 8.51. The van der Waals surface area contributed by atoms with Crippen molar-refractivity contribution in [3.8, 4) is 0 Å². The summed E-state index contributed by atoms with van der Waals surface area (Å²) in [6.07, 6.45) is 7.92. The molecule has 18 heavy (non-hydrogen) atoms. The SMILES string of the molecule is CCCCC(CC)CC(NCCC)c1ccsc1. The van der Waals surface area contributed by atoms with E-state index in [4.69, 9.17) is 0 Å². The highest BCUT2D eigenvalue weighted by Gasteiger charge is 2.16. The van der Waals surface area contributed by atoms with Gasteiger partial charge in [0.05, 0.1) is 0 Å². The highest BCUT2D eigenvalue weighted by atomic mass is 32.1. The van der Waals surface area contributed by atoms with Gasteiger partial charge >= 0.3 is 0 Å². The van der Waals surface area contributed by atoms with E-state index in [2.05, 4.69) is 42.9 Å². The van der Waals surface area contributed by atoms with Crippen molar-refractivity contribution in [2.75, 3.05) is 6.54 Å². The van der Waals surface area contributed by atoms with E-state index >= 15 is 0 Å². The first-order valence-electron chi connectivity index (χ1n) is 7.57. The van der Waals surface area contributed by atoms with Crippen LogP contribution < -0.4 is 5.32 Å². The van der Waals surface area contributed by atoms with Crippen LogP contribution in [-0.2, 0) is 0 Å². The lowest BCUT2D eigenvalue weighted by Gasteiger charge is -2.23. The average molecular weight is 267 g/mol. The van der Waals surface area contributed by atoms with Crippen LogP contribution in [0.15, 0.2) is 16.8 Å². The van der Waals surface area contributed by atoms with Gasteiger partial charge in [0.2, 0.25) is 0 Å². The molecular formula is C16H29NS. The van der Waals surface area contributed by atoms with Gasteiger partial charge in [-0.3, -0.25) is 0 Å². The Labute approximate surface area is 117 Å². The first kappa shape index (κ1) is 15.7. The average Bonchev–Trinajstić information content (AvgIpc) is 2.92. The van der Waals surface area contributed by atoms with Gasteiger partial charge in [0.15, 0.2) is 0 Å². The number of thiophene rings is 1. The molecule has 2 heteroatoms. The van der Waals surface area contributed by atoms with Crippen LogP contribution in [0.5, 0.6) is 0 Å². The third-order valence-electron chi connectivity index (χ3n) is 3.70. The molecule has 0 saturated heterocycles. The molecule has 2 atom stereocenters. The Bertz CT molecular complexity index is 281. The second-order valence-electron chi connectivity index (χ2n) is 5.22. The van der Waals surface area contributed by atoms with E-state index in [1.165, 1.54) is 44.1 Å². The molecule has 0 saturated carbocycles. The molecule has 0 aliphatic heterocycles. The normalized spacial score (nSPS) is 14.6. The number of hydrogen-bond acceptors (Lipinski definition) is 2. The van der Waals surface area contributed by atoms with Crippen molar-refractivity contribution in [1.29, 1.82) is 0 Å². The van der Waals surface area contributed by atoms with Crippen molar-refractivity contribution in [1.82, 2.24) is 5.32 Å². The van der Waals surface area contributed by atoms with Gasteiger partial charge in [0.25, 0.3) is 0 Å². The first-order chi connectivity index (χ1) is 8.81. The van der Waals surface area contributed by atoms with Crippen molar-refractivity contribution in [2.24, 2.45) is 5.92 Å². The van der Waals surface area contributed by atoms with Gasteiger partial charge in [0.1, 0.15) is 0 Å². The molecule has 1 nitrogen and oxygen atoms in total. The lowest BCUT2D eigenvalue weighted by atomic mass is 9.90. The van der Waals surface area contributed by atoms with Crippen molar-refractivity contribution in [3.05, 3.63) is 22.4 Å². The Morgan fingerprint density at radius 2 is 2.06 bits per heavy atom. The van der Waals surface area contributed by atoms with Crippen molar-refractivity contribution in [2.45, 2.75) is 65.3 Å². The lowest BCUT2D eigenvalue weighted by molar-refractivity contribution is 0.354. The van der Waals surface area contributed by atoms with Crippen LogP contribution in [0.25, 0.3) is 0 Å². The predicted octanol–water partition coefficient (Wildman–Crippen LogP) is 5.40. The van der Waals surface area contributed by atoms with Crippen molar-refractivity contribution in [3.63, 3.8) is 0 Å².